The summed E-state index contributed by atoms with van der Waals surface area (Å²) in [4.78, 5) is 0. The highest BCUT2D eigenvalue weighted by Gasteiger charge is 2.14. The van der Waals surface area contributed by atoms with E-state index in [9.17, 15) is 0 Å². The Hall–Kier alpha value is -1.26. The maximum absolute atomic E-state index is 8.75. The van der Waals surface area contributed by atoms with Gasteiger partial charge in [0, 0.05) is 12.6 Å². The molecular weight excluding hydrogens is 206 g/mol. The van der Waals surface area contributed by atoms with Crippen LogP contribution in [0.25, 0.3) is 0 Å². The maximum atomic E-state index is 8.75. The molecule has 4 heteroatoms. The van der Waals surface area contributed by atoms with Gasteiger partial charge >= 0.3 is 0 Å². The van der Waals surface area contributed by atoms with E-state index in [4.69, 9.17) is 20.3 Å². The first-order chi connectivity index (χ1) is 7.81. The predicted octanol–water partition coefficient (Wildman–Crippen LogP) is 1.23. The standard InChI is InChI=1S/C12H17NO3/c13-10(2-1-5-14)9-3-4-11-12(8-9)16-7-6-15-11/h3-4,8,10,14H,1-2,5-7,13H2. The summed E-state index contributed by atoms with van der Waals surface area (Å²) >= 11 is 0. The Bertz CT molecular complexity index is 354. The third kappa shape index (κ3) is 2.46. The first-order valence-corrected chi connectivity index (χ1v) is 5.57. The van der Waals surface area contributed by atoms with Gasteiger partial charge in [0.1, 0.15) is 13.2 Å². The Balaban J connectivity index is 2.10. The van der Waals surface area contributed by atoms with Gasteiger partial charge in [0.15, 0.2) is 11.5 Å². The molecule has 0 saturated heterocycles. The third-order valence-corrected chi connectivity index (χ3v) is 2.67. The second-order valence-corrected chi connectivity index (χ2v) is 3.88. The first kappa shape index (κ1) is 11.2. The summed E-state index contributed by atoms with van der Waals surface area (Å²) in [5.74, 6) is 1.55. The van der Waals surface area contributed by atoms with E-state index in [0.29, 0.717) is 13.2 Å². The molecule has 1 unspecified atom stereocenters. The second kappa shape index (κ2) is 5.18. The zero-order valence-electron chi connectivity index (χ0n) is 9.19. The fraction of sp³-hybridized carbons (Fsp3) is 0.500. The molecule has 4 nitrogen and oxygen atoms in total. The molecule has 0 amide bonds. The van der Waals surface area contributed by atoms with Gasteiger partial charge in [0.05, 0.1) is 0 Å². The van der Waals surface area contributed by atoms with Crippen LogP contribution in [0.1, 0.15) is 24.4 Å². The lowest BCUT2D eigenvalue weighted by Gasteiger charge is -2.20. The highest BCUT2D eigenvalue weighted by Crippen LogP contribution is 2.32. The van der Waals surface area contributed by atoms with Crippen molar-refractivity contribution in [1.29, 1.82) is 0 Å². The van der Waals surface area contributed by atoms with Crippen molar-refractivity contribution in [3.05, 3.63) is 23.8 Å². The van der Waals surface area contributed by atoms with Gasteiger partial charge in [0.25, 0.3) is 0 Å². The van der Waals surface area contributed by atoms with Crippen LogP contribution in [-0.4, -0.2) is 24.9 Å². The fourth-order valence-corrected chi connectivity index (χ4v) is 1.77. The summed E-state index contributed by atoms with van der Waals surface area (Å²) in [6.07, 6.45) is 1.49. The lowest BCUT2D eigenvalue weighted by molar-refractivity contribution is 0.171. The van der Waals surface area contributed by atoms with E-state index in [1.165, 1.54) is 0 Å². The minimum Gasteiger partial charge on any atom is -0.486 e. The summed E-state index contributed by atoms with van der Waals surface area (Å²) in [5, 5.41) is 8.75. The fourth-order valence-electron chi connectivity index (χ4n) is 1.77. The van der Waals surface area contributed by atoms with Gasteiger partial charge in [-0.15, -0.1) is 0 Å². The molecule has 0 fully saturated rings. The molecule has 1 heterocycles. The van der Waals surface area contributed by atoms with Crippen LogP contribution in [0.2, 0.25) is 0 Å². The summed E-state index contributed by atoms with van der Waals surface area (Å²) in [5.41, 5.74) is 7.03. The number of ether oxygens (including phenoxy) is 2. The van der Waals surface area contributed by atoms with Gasteiger partial charge in [-0.05, 0) is 30.5 Å². The largest absolute Gasteiger partial charge is 0.486 e. The number of nitrogens with two attached hydrogens (primary N) is 1. The third-order valence-electron chi connectivity index (χ3n) is 2.67. The number of benzene rings is 1. The molecule has 0 spiro atoms. The molecule has 1 aliphatic heterocycles. The van der Waals surface area contributed by atoms with Crippen LogP contribution in [0, 0.1) is 0 Å². The Morgan fingerprint density at radius 1 is 1.25 bits per heavy atom. The van der Waals surface area contributed by atoms with Crippen LogP contribution in [-0.2, 0) is 0 Å². The van der Waals surface area contributed by atoms with Crippen molar-refractivity contribution in [1.82, 2.24) is 0 Å². The topological polar surface area (TPSA) is 64.7 Å². The highest BCUT2D eigenvalue weighted by atomic mass is 16.6. The average Bonchev–Trinajstić information content (AvgIpc) is 2.35. The van der Waals surface area contributed by atoms with Crippen molar-refractivity contribution in [3.8, 4) is 11.5 Å². The van der Waals surface area contributed by atoms with Gasteiger partial charge in [-0.3, -0.25) is 0 Å². The Morgan fingerprint density at radius 2 is 2.00 bits per heavy atom. The quantitative estimate of drug-likeness (QED) is 0.805. The van der Waals surface area contributed by atoms with Crippen LogP contribution < -0.4 is 15.2 Å². The molecule has 0 saturated carbocycles. The van der Waals surface area contributed by atoms with E-state index in [2.05, 4.69) is 0 Å². The Kier molecular flexibility index (Phi) is 3.64. The molecule has 0 radical (unpaired) electrons. The van der Waals surface area contributed by atoms with Gasteiger partial charge in [-0.1, -0.05) is 6.07 Å². The van der Waals surface area contributed by atoms with E-state index < -0.39 is 0 Å². The molecule has 2 rings (SSSR count). The van der Waals surface area contributed by atoms with E-state index in [0.717, 1.165) is 29.9 Å². The highest BCUT2D eigenvalue weighted by molar-refractivity contribution is 5.44. The minimum atomic E-state index is -0.0528. The number of rotatable bonds is 4. The number of hydrogen-bond donors (Lipinski definition) is 2. The molecule has 0 bridgehead atoms. The first-order valence-electron chi connectivity index (χ1n) is 5.57. The molecule has 0 aromatic heterocycles. The average molecular weight is 223 g/mol. The van der Waals surface area contributed by atoms with Crippen molar-refractivity contribution in [3.63, 3.8) is 0 Å². The molecule has 1 aliphatic rings. The Morgan fingerprint density at radius 3 is 2.75 bits per heavy atom. The normalized spacial score (nSPS) is 15.9. The van der Waals surface area contributed by atoms with Crippen molar-refractivity contribution >= 4 is 0 Å². The number of hydrogen-bond acceptors (Lipinski definition) is 4. The van der Waals surface area contributed by atoms with E-state index in [1.807, 2.05) is 18.2 Å². The summed E-state index contributed by atoms with van der Waals surface area (Å²) < 4.78 is 10.9. The molecule has 0 aliphatic carbocycles. The monoisotopic (exact) mass is 223 g/mol. The lowest BCUT2D eigenvalue weighted by Crippen LogP contribution is -2.16. The molecule has 1 atom stereocenters. The molecular formula is C12H17NO3. The van der Waals surface area contributed by atoms with Crippen molar-refractivity contribution in [2.75, 3.05) is 19.8 Å². The van der Waals surface area contributed by atoms with Crippen molar-refractivity contribution in [2.24, 2.45) is 5.73 Å². The van der Waals surface area contributed by atoms with Crippen molar-refractivity contribution in [2.45, 2.75) is 18.9 Å². The molecule has 88 valence electrons. The number of aliphatic hydroxyl groups is 1. The number of aliphatic hydroxyl groups excluding tert-OH is 1. The predicted molar refractivity (Wildman–Crippen MR) is 60.7 cm³/mol. The maximum Gasteiger partial charge on any atom is 0.161 e. The molecule has 1 aromatic rings. The van der Waals surface area contributed by atoms with E-state index in [1.54, 1.807) is 0 Å². The van der Waals surface area contributed by atoms with Crippen molar-refractivity contribution < 1.29 is 14.6 Å². The van der Waals surface area contributed by atoms with Crippen LogP contribution in [0.3, 0.4) is 0 Å². The SMILES string of the molecule is NC(CCCO)c1ccc2c(c1)OCCO2. The summed E-state index contributed by atoms with van der Waals surface area (Å²) in [7, 11) is 0. The zero-order chi connectivity index (χ0) is 11.4. The van der Waals surface area contributed by atoms with E-state index in [-0.39, 0.29) is 12.6 Å². The lowest BCUT2D eigenvalue weighted by atomic mass is 10.0. The van der Waals surface area contributed by atoms with Gasteiger partial charge in [-0.2, -0.15) is 0 Å². The smallest absolute Gasteiger partial charge is 0.161 e. The number of fused-ring (bicyclic) bond motifs is 1. The Labute approximate surface area is 95.0 Å². The van der Waals surface area contributed by atoms with Crippen LogP contribution in [0.4, 0.5) is 0 Å². The minimum absolute atomic E-state index is 0.0528. The second-order valence-electron chi connectivity index (χ2n) is 3.88. The van der Waals surface area contributed by atoms with Crippen LogP contribution in [0.5, 0.6) is 11.5 Å². The molecule has 16 heavy (non-hydrogen) atoms. The summed E-state index contributed by atoms with van der Waals surface area (Å²) in [6, 6.07) is 5.72. The molecule has 1 aromatic carbocycles. The van der Waals surface area contributed by atoms with Gasteiger partial charge < -0.3 is 20.3 Å². The molecule has 3 N–H and O–H groups in total. The van der Waals surface area contributed by atoms with Gasteiger partial charge in [-0.25, -0.2) is 0 Å². The summed E-state index contributed by atoms with van der Waals surface area (Å²) in [6.45, 7) is 1.36. The van der Waals surface area contributed by atoms with Gasteiger partial charge in [0.2, 0.25) is 0 Å². The van der Waals surface area contributed by atoms with Crippen LogP contribution in [0.15, 0.2) is 18.2 Å². The zero-order valence-corrected chi connectivity index (χ0v) is 9.19. The van der Waals surface area contributed by atoms with E-state index >= 15 is 0 Å². The van der Waals surface area contributed by atoms with Crippen LogP contribution >= 0.6 is 0 Å².